The highest BCUT2D eigenvalue weighted by Gasteiger charge is 2.18. The molecule has 2 heterocycles. The first-order valence-electron chi connectivity index (χ1n) is 9.01. The molecule has 0 N–H and O–H groups in total. The Labute approximate surface area is 168 Å². The molecule has 0 aliphatic rings. The van der Waals surface area contributed by atoms with Crippen LogP contribution in [0.4, 0.5) is 0 Å². The smallest absolute Gasteiger partial charge is 0.161 e. The number of aromatic nitrogens is 1. The van der Waals surface area contributed by atoms with Crippen LogP contribution in [0.5, 0.6) is 23.0 Å². The van der Waals surface area contributed by atoms with Crippen molar-refractivity contribution in [1.82, 2.24) is 4.98 Å². The van der Waals surface area contributed by atoms with Crippen LogP contribution in [-0.4, -0.2) is 33.4 Å². The van der Waals surface area contributed by atoms with Gasteiger partial charge in [-0.25, -0.2) is 0 Å². The molecular formula is C23H21NO5. The molecule has 148 valence electrons. The van der Waals surface area contributed by atoms with Crippen molar-refractivity contribution < 1.29 is 23.4 Å². The Hall–Kier alpha value is -3.67. The Bertz CT molecular complexity index is 1170. The van der Waals surface area contributed by atoms with Crippen LogP contribution in [0.2, 0.25) is 0 Å². The molecule has 0 saturated heterocycles. The molecule has 2 aromatic carbocycles. The fraction of sp³-hybridized carbons (Fsp3) is 0.174. The van der Waals surface area contributed by atoms with Crippen molar-refractivity contribution in [3.8, 4) is 45.4 Å². The monoisotopic (exact) mass is 391 g/mol. The highest BCUT2D eigenvalue weighted by molar-refractivity contribution is 5.94. The minimum atomic E-state index is 0.637. The lowest BCUT2D eigenvalue weighted by Gasteiger charge is -2.11. The van der Waals surface area contributed by atoms with E-state index in [1.54, 1.807) is 34.6 Å². The van der Waals surface area contributed by atoms with E-state index in [4.69, 9.17) is 23.4 Å². The first-order chi connectivity index (χ1) is 14.2. The van der Waals surface area contributed by atoms with E-state index < -0.39 is 0 Å². The summed E-state index contributed by atoms with van der Waals surface area (Å²) in [4.78, 5) is 4.47. The summed E-state index contributed by atoms with van der Waals surface area (Å²) in [6.07, 6.45) is 1.75. The van der Waals surface area contributed by atoms with Gasteiger partial charge in [-0.05, 0) is 42.5 Å². The number of furan rings is 1. The van der Waals surface area contributed by atoms with Crippen LogP contribution < -0.4 is 18.9 Å². The molecular weight excluding hydrogens is 370 g/mol. The fourth-order valence-electron chi connectivity index (χ4n) is 3.31. The summed E-state index contributed by atoms with van der Waals surface area (Å²) < 4.78 is 28.1. The maximum atomic E-state index is 6.26. The van der Waals surface area contributed by atoms with Crippen molar-refractivity contribution in [2.75, 3.05) is 28.4 Å². The van der Waals surface area contributed by atoms with Gasteiger partial charge in [0.25, 0.3) is 0 Å². The molecule has 0 bridgehead atoms. The van der Waals surface area contributed by atoms with Crippen LogP contribution in [0.3, 0.4) is 0 Å². The quantitative estimate of drug-likeness (QED) is 0.450. The SMILES string of the molecule is COc1ccc(OC)c(-c2cc3nccc(-c4cc(OC)ccc4OC)c3o2)c1. The Morgan fingerprint density at radius 3 is 1.90 bits per heavy atom. The lowest BCUT2D eigenvalue weighted by atomic mass is 10.0. The maximum Gasteiger partial charge on any atom is 0.161 e. The third-order valence-electron chi connectivity index (χ3n) is 4.78. The average Bonchev–Trinajstić information content (AvgIpc) is 3.22. The van der Waals surface area contributed by atoms with Crippen LogP contribution in [0.1, 0.15) is 0 Å². The normalized spacial score (nSPS) is 10.8. The van der Waals surface area contributed by atoms with Crippen LogP contribution in [0.25, 0.3) is 33.6 Å². The molecule has 0 unspecified atom stereocenters. The molecule has 0 spiro atoms. The number of nitrogens with zero attached hydrogens (tertiary/aromatic N) is 1. The molecule has 0 aliphatic heterocycles. The number of pyridine rings is 1. The van der Waals surface area contributed by atoms with Gasteiger partial charge in [0.1, 0.15) is 34.3 Å². The van der Waals surface area contributed by atoms with Crippen molar-refractivity contribution >= 4 is 11.1 Å². The zero-order valence-corrected chi connectivity index (χ0v) is 16.7. The van der Waals surface area contributed by atoms with E-state index in [0.29, 0.717) is 22.8 Å². The van der Waals surface area contributed by atoms with Gasteiger partial charge in [0.05, 0.1) is 34.0 Å². The maximum absolute atomic E-state index is 6.26. The molecule has 0 radical (unpaired) electrons. The lowest BCUT2D eigenvalue weighted by Crippen LogP contribution is -1.91. The number of methoxy groups -OCH3 is 4. The van der Waals surface area contributed by atoms with Crippen molar-refractivity contribution in [2.24, 2.45) is 0 Å². The summed E-state index contributed by atoms with van der Waals surface area (Å²) in [6, 6.07) is 15.0. The van der Waals surface area contributed by atoms with E-state index in [0.717, 1.165) is 33.7 Å². The topological polar surface area (TPSA) is 63.0 Å². The van der Waals surface area contributed by atoms with Gasteiger partial charge in [0.15, 0.2) is 5.58 Å². The molecule has 0 atom stereocenters. The van der Waals surface area contributed by atoms with Crippen LogP contribution >= 0.6 is 0 Å². The second kappa shape index (κ2) is 7.75. The molecule has 6 heteroatoms. The standard InChI is InChI=1S/C23H21NO5/c1-25-14-5-7-20(27-3)17(11-14)16-9-10-24-19-13-22(29-23(16)19)18-12-15(26-2)6-8-21(18)28-4/h5-13H,1-4H3. The van der Waals surface area contributed by atoms with Crippen molar-refractivity contribution in [3.05, 3.63) is 54.7 Å². The van der Waals surface area contributed by atoms with Gasteiger partial charge in [-0.2, -0.15) is 0 Å². The largest absolute Gasteiger partial charge is 0.497 e. The zero-order chi connectivity index (χ0) is 20.4. The van der Waals surface area contributed by atoms with Gasteiger partial charge in [-0.3, -0.25) is 4.98 Å². The third kappa shape index (κ3) is 3.33. The predicted octanol–water partition coefficient (Wildman–Crippen LogP) is 5.20. The molecule has 6 nitrogen and oxygen atoms in total. The first kappa shape index (κ1) is 18.7. The number of benzene rings is 2. The summed E-state index contributed by atoms with van der Waals surface area (Å²) in [5.74, 6) is 3.48. The summed E-state index contributed by atoms with van der Waals surface area (Å²) in [5.41, 5.74) is 3.89. The van der Waals surface area contributed by atoms with E-state index in [1.165, 1.54) is 0 Å². The van der Waals surface area contributed by atoms with Crippen LogP contribution in [-0.2, 0) is 0 Å². The number of hydrogen-bond donors (Lipinski definition) is 0. The van der Waals surface area contributed by atoms with Gasteiger partial charge in [0, 0.05) is 23.4 Å². The summed E-state index contributed by atoms with van der Waals surface area (Å²) >= 11 is 0. The molecule has 4 aromatic rings. The summed E-state index contributed by atoms with van der Waals surface area (Å²) in [7, 11) is 6.52. The molecule has 4 rings (SSSR count). The predicted molar refractivity (Wildman–Crippen MR) is 111 cm³/mol. The minimum absolute atomic E-state index is 0.637. The van der Waals surface area contributed by atoms with Gasteiger partial charge in [0.2, 0.25) is 0 Å². The second-order valence-electron chi connectivity index (χ2n) is 6.32. The third-order valence-corrected chi connectivity index (χ3v) is 4.78. The number of rotatable bonds is 6. The van der Waals surface area contributed by atoms with E-state index >= 15 is 0 Å². The minimum Gasteiger partial charge on any atom is -0.497 e. The molecule has 2 aromatic heterocycles. The van der Waals surface area contributed by atoms with Gasteiger partial charge in [-0.15, -0.1) is 0 Å². The van der Waals surface area contributed by atoms with E-state index in [2.05, 4.69) is 4.98 Å². The highest BCUT2D eigenvalue weighted by Crippen LogP contribution is 2.41. The van der Waals surface area contributed by atoms with Crippen molar-refractivity contribution in [1.29, 1.82) is 0 Å². The lowest BCUT2D eigenvalue weighted by molar-refractivity contribution is 0.403. The Balaban J connectivity index is 1.93. The second-order valence-corrected chi connectivity index (χ2v) is 6.32. The Kier molecular flexibility index (Phi) is 4.99. The Morgan fingerprint density at radius 2 is 1.28 bits per heavy atom. The fourth-order valence-corrected chi connectivity index (χ4v) is 3.31. The van der Waals surface area contributed by atoms with Gasteiger partial charge in [-0.1, -0.05) is 0 Å². The average molecular weight is 391 g/mol. The molecule has 0 saturated carbocycles. The Morgan fingerprint density at radius 1 is 0.655 bits per heavy atom. The molecule has 0 amide bonds. The van der Waals surface area contributed by atoms with Crippen LogP contribution in [0.15, 0.2) is 59.1 Å². The van der Waals surface area contributed by atoms with Gasteiger partial charge >= 0.3 is 0 Å². The highest BCUT2D eigenvalue weighted by atomic mass is 16.5. The number of ether oxygens (including phenoxy) is 4. The molecule has 0 fully saturated rings. The number of fused-ring (bicyclic) bond motifs is 1. The van der Waals surface area contributed by atoms with E-state index in [-0.39, 0.29) is 0 Å². The zero-order valence-electron chi connectivity index (χ0n) is 16.7. The summed E-state index contributed by atoms with van der Waals surface area (Å²) in [5, 5.41) is 0. The van der Waals surface area contributed by atoms with E-state index in [9.17, 15) is 0 Å². The van der Waals surface area contributed by atoms with Crippen LogP contribution in [0, 0.1) is 0 Å². The first-order valence-corrected chi connectivity index (χ1v) is 9.01. The van der Waals surface area contributed by atoms with Crippen molar-refractivity contribution in [2.45, 2.75) is 0 Å². The molecule has 29 heavy (non-hydrogen) atoms. The van der Waals surface area contributed by atoms with Gasteiger partial charge < -0.3 is 23.4 Å². The number of hydrogen-bond acceptors (Lipinski definition) is 6. The van der Waals surface area contributed by atoms with E-state index in [1.807, 2.05) is 48.5 Å². The van der Waals surface area contributed by atoms with Crippen molar-refractivity contribution in [3.63, 3.8) is 0 Å². The summed E-state index contributed by atoms with van der Waals surface area (Å²) in [6.45, 7) is 0. The molecule has 0 aliphatic carbocycles.